The minimum atomic E-state index is -0.479. The molecular weight excluding hydrogens is 364 g/mol. The van der Waals surface area contributed by atoms with Crippen molar-refractivity contribution in [3.05, 3.63) is 12.2 Å². The highest BCUT2D eigenvalue weighted by Gasteiger charge is 2.73. The monoisotopic (exact) mass is 398 g/mol. The number of carbonyl (C=O) groups excluding carboxylic acids is 2. The summed E-state index contributed by atoms with van der Waals surface area (Å²) in [5, 5.41) is 0. The van der Waals surface area contributed by atoms with E-state index in [-0.39, 0.29) is 23.8 Å². The predicted molar refractivity (Wildman–Crippen MR) is 107 cm³/mol. The van der Waals surface area contributed by atoms with Crippen LogP contribution in [0.3, 0.4) is 0 Å². The van der Waals surface area contributed by atoms with Gasteiger partial charge in [0.05, 0.1) is 13.0 Å². The topological polar surface area (TPSA) is 52.6 Å². The van der Waals surface area contributed by atoms with E-state index in [2.05, 4.69) is 12.2 Å². The van der Waals surface area contributed by atoms with Crippen LogP contribution in [-0.4, -0.2) is 24.6 Å². The Hall–Kier alpha value is -1.32. The minimum Gasteiger partial charge on any atom is -0.469 e. The number of ether oxygens (including phenoxy) is 2. The van der Waals surface area contributed by atoms with E-state index in [1.54, 1.807) is 0 Å². The van der Waals surface area contributed by atoms with Crippen LogP contribution in [0.15, 0.2) is 12.2 Å². The van der Waals surface area contributed by atoms with Gasteiger partial charge in [0.1, 0.15) is 5.60 Å². The maximum Gasteiger partial charge on any atom is 0.309 e. The van der Waals surface area contributed by atoms with Gasteiger partial charge in [-0.05, 0) is 105 Å². The van der Waals surface area contributed by atoms with Crippen LogP contribution >= 0.6 is 0 Å². The number of methoxy groups -OCH3 is 1. The van der Waals surface area contributed by atoms with Crippen LogP contribution in [0.1, 0.15) is 46.5 Å². The molecule has 0 heterocycles. The van der Waals surface area contributed by atoms with E-state index < -0.39 is 5.60 Å². The van der Waals surface area contributed by atoms with Crippen molar-refractivity contribution in [1.29, 1.82) is 0 Å². The Kier molecular flexibility index (Phi) is 3.74. The Balaban J connectivity index is 1.30. The summed E-state index contributed by atoms with van der Waals surface area (Å²) in [6.07, 6.45) is 9.25. The molecule has 4 heteroatoms. The second kappa shape index (κ2) is 5.88. The van der Waals surface area contributed by atoms with Gasteiger partial charge in [-0.3, -0.25) is 9.59 Å². The van der Waals surface area contributed by atoms with Crippen molar-refractivity contribution < 1.29 is 19.1 Å². The molecule has 12 unspecified atom stereocenters. The Morgan fingerprint density at radius 2 is 1.45 bits per heavy atom. The Bertz CT molecular complexity index is 778. The first-order valence-corrected chi connectivity index (χ1v) is 11.8. The Morgan fingerprint density at radius 1 is 0.862 bits per heavy atom. The molecular formula is C25H34O4. The summed E-state index contributed by atoms with van der Waals surface area (Å²) < 4.78 is 10.9. The number of carbonyl (C=O) groups is 2. The van der Waals surface area contributed by atoms with Gasteiger partial charge in [-0.15, -0.1) is 0 Å². The molecule has 6 aliphatic carbocycles. The summed E-state index contributed by atoms with van der Waals surface area (Å²) in [6.45, 7) is 5.74. The zero-order valence-electron chi connectivity index (χ0n) is 18.0. The predicted octanol–water partition coefficient (Wildman–Crippen LogP) is 4.09. The highest BCUT2D eigenvalue weighted by atomic mass is 16.6. The van der Waals surface area contributed by atoms with Crippen LogP contribution in [-0.2, 0) is 19.1 Å². The lowest BCUT2D eigenvalue weighted by Gasteiger charge is -2.47. The third kappa shape index (κ3) is 2.38. The number of fused-ring (bicyclic) bond motifs is 16. The van der Waals surface area contributed by atoms with Gasteiger partial charge in [0, 0.05) is 6.42 Å². The summed E-state index contributed by atoms with van der Waals surface area (Å²) in [5.74, 6) is 7.10. The van der Waals surface area contributed by atoms with Gasteiger partial charge in [0.2, 0.25) is 0 Å². The number of rotatable bonds is 3. The van der Waals surface area contributed by atoms with Gasteiger partial charge < -0.3 is 9.47 Å². The van der Waals surface area contributed by atoms with Crippen molar-refractivity contribution >= 4 is 11.9 Å². The fourth-order valence-electron chi connectivity index (χ4n) is 9.74. The molecule has 0 aliphatic heterocycles. The lowest BCUT2D eigenvalue weighted by Crippen LogP contribution is -2.47. The van der Waals surface area contributed by atoms with Crippen LogP contribution in [0.25, 0.3) is 0 Å². The largest absolute Gasteiger partial charge is 0.469 e. The zero-order chi connectivity index (χ0) is 20.2. The number of hydrogen-bond acceptors (Lipinski definition) is 4. The maximum atomic E-state index is 12.8. The summed E-state index contributed by atoms with van der Waals surface area (Å²) in [7, 11) is 1.51. The Labute approximate surface area is 173 Å². The van der Waals surface area contributed by atoms with Crippen LogP contribution in [0, 0.1) is 71.0 Å². The second-order valence-electron chi connectivity index (χ2n) is 11.9. The van der Waals surface area contributed by atoms with Crippen molar-refractivity contribution in [3.8, 4) is 0 Å². The minimum absolute atomic E-state index is 0.0864. The number of esters is 2. The van der Waals surface area contributed by atoms with Gasteiger partial charge in [-0.25, -0.2) is 0 Å². The Morgan fingerprint density at radius 3 is 2.03 bits per heavy atom. The summed E-state index contributed by atoms with van der Waals surface area (Å²) >= 11 is 0. The first kappa shape index (κ1) is 18.4. The summed E-state index contributed by atoms with van der Waals surface area (Å²) in [4.78, 5) is 25.5. The van der Waals surface area contributed by atoms with Crippen molar-refractivity contribution in [2.45, 2.75) is 52.1 Å². The third-order valence-electron chi connectivity index (χ3n) is 9.85. The third-order valence-corrected chi connectivity index (χ3v) is 9.85. The van der Waals surface area contributed by atoms with Crippen molar-refractivity contribution in [3.63, 3.8) is 0 Å². The van der Waals surface area contributed by atoms with Crippen molar-refractivity contribution in [2.24, 2.45) is 71.0 Å². The molecule has 158 valence electrons. The van der Waals surface area contributed by atoms with Gasteiger partial charge in [0.25, 0.3) is 0 Å². The fraction of sp³-hybridized carbons (Fsp3) is 0.840. The van der Waals surface area contributed by atoms with Crippen LogP contribution < -0.4 is 0 Å². The highest BCUT2D eigenvalue weighted by Crippen LogP contribution is 2.77. The standard InChI is InChI=1S/C25H34O4/c1-25(2,3)29-18(26)10-14-13-8-17(23(14)24(27)28-4)22-16-9-15(21(13)22)19-11-5-6-12(7-11)20(16)19/h5-6,11-17,19-23H,7-10H2,1-4H3. The maximum absolute atomic E-state index is 12.8. The molecule has 0 aromatic carbocycles. The molecule has 5 fully saturated rings. The van der Waals surface area contributed by atoms with Crippen molar-refractivity contribution in [1.82, 2.24) is 0 Å². The van der Waals surface area contributed by atoms with E-state index >= 15 is 0 Å². The molecule has 12 atom stereocenters. The molecule has 29 heavy (non-hydrogen) atoms. The van der Waals surface area contributed by atoms with E-state index in [1.807, 2.05) is 20.8 Å². The molecule has 6 bridgehead atoms. The lowest BCUT2D eigenvalue weighted by atomic mass is 9.57. The van der Waals surface area contributed by atoms with Gasteiger partial charge in [-0.2, -0.15) is 0 Å². The first-order valence-electron chi connectivity index (χ1n) is 11.8. The van der Waals surface area contributed by atoms with Gasteiger partial charge in [-0.1, -0.05) is 12.2 Å². The van der Waals surface area contributed by atoms with E-state index in [0.717, 1.165) is 47.8 Å². The first-order chi connectivity index (χ1) is 13.8. The van der Waals surface area contributed by atoms with Gasteiger partial charge >= 0.3 is 11.9 Å². The summed E-state index contributed by atoms with van der Waals surface area (Å²) in [5.41, 5.74) is -0.479. The fourth-order valence-corrected chi connectivity index (χ4v) is 9.74. The number of hydrogen-bond donors (Lipinski definition) is 0. The quantitative estimate of drug-likeness (QED) is 0.408. The van der Waals surface area contributed by atoms with E-state index in [9.17, 15) is 9.59 Å². The van der Waals surface area contributed by atoms with E-state index in [0.29, 0.717) is 24.2 Å². The molecule has 0 radical (unpaired) electrons. The van der Waals surface area contributed by atoms with E-state index in [1.165, 1.54) is 20.0 Å². The normalized spacial score (nSPS) is 52.7. The SMILES string of the molecule is COC(=O)C1C(CC(=O)OC(C)(C)C)C2CC1C1C3CC(C4C5C=CC(C5)C34)C21. The second-order valence-corrected chi connectivity index (χ2v) is 11.9. The molecule has 0 N–H and O–H groups in total. The molecule has 0 aromatic rings. The molecule has 0 aromatic heterocycles. The molecule has 0 spiro atoms. The molecule has 0 amide bonds. The van der Waals surface area contributed by atoms with Crippen LogP contribution in [0.2, 0.25) is 0 Å². The number of allylic oxidation sites excluding steroid dienone is 2. The average Bonchev–Trinajstić information content (AvgIpc) is 3.43. The van der Waals surface area contributed by atoms with Gasteiger partial charge in [0.15, 0.2) is 0 Å². The average molecular weight is 399 g/mol. The zero-order valence-corrected chi connectivity index (χ0v) is 18.0. The molecule has 5 saturated carbocycles. The molecule has 0 saturated heterocycles. The molecule has 4 nitrogen and oxygen atoms in total. The van der Waals surface area contributed by atoms with E-state index in [4.69, 9.17) is 9.47 Å². The van der Waals surface area contributed by atoms with Crippen molar-refractivity contribution in [2.75, 3.05) is 7.11 Å². The molecule has 6 aliphatic rings. The highest BCUT2D eigenvalue weighted by molar-refractivity contribution is 5.76. The van der Waals surface area contributed by atoms with Crippen LogP contribution in [0.5, 0.6) is 0 Å². The molecule has 6 rings (SSSR count). The smallest absolute Gasteiger partial charge is 0.309 e. The summed E-state index contributed by atoms with van der Waals surface area (Å²) in [6, 6.07) is 0. The van der Waals surface area contributed by atoms with Crippen LogP contribution in [0.4, 0.5) is 0 Å². The lowest BCUT2D eigenvalue weighted by molar-refractivity contribution is -0.161.